The lowest BCUT2D eigenvalue weighted by molar-refractivity contribution is 0.00804. The fourth-order valence-corrected chi connectivity index (χ4v) is 3.73. The van der Waals surface area contributed by atoms with Gasteiger partial charge in [0.25, 0.3) is 0 Å². The molecule has 0 unspecified atom stereocenters. The number of rotatable bonds is 4. The van der Waals surface area contributed by atoms with E-state index in [0.717, 1.165) is 37.7 Å². The Kier molecular flexibility index (Phi) is 5.50. The summed E-state index contributed by atoms with van der Waals surface area (Å²) in [6.07, 6.45) is 11.8. The number of nitrogens with zero attached hydrogens (tertiary/aromatic N) is 1. The standard InChI is InChI=1S/C16H27NO/c1-2-11-18-16-9-7-15(8-10-16)14-5-3-13(12-17)4-6-14/h13-16H,2-11H2,1H3. The molecule has 0 atom stereocenters. The third-order valence-corrected chi connectivity index (χ3v) is 4.90. The number of nitriles is 1. The van der Waals surface area contributed by atoms with Crippen molar-refractivity contribution in [2.75, 3.05) is 6.61 Å². The van der Waals surface area contributed by atoms with E-state index in [-0.39, 0.29) is 0 Å². The van der Waals surface area contributed by atoms with Crippen molar-refractivity contribution >= 4 is 0 Å². The summed E-state index contributed by atoms with van der Waals surface area (Å²) in [6, 6.07) is 2.44. The largest absolute Gasteiger partial charge is 0.378 e. The zero-order valence-electron chi connectivity index (χ0n) is 11.7. The first-order valence-electron chi connectivity index (χ1n) is 7.84. The molecule has 2 fully saturated rings. The molecule has 2 aliphatic carbocycles. The van der Waals surface area contributed by atoms with Crippen molar-refractivity contribution in [3.05, 3.63) is 0 Å². The first-order chi connectivity index (χ1) is 8.83. The van der Waals surface area contributed by atoms with Crippen molar-refractivity contribution in [2.24, 2.45) is 17.8 Å². The van der Waals surface area contributed by atoms with Crippen LogP contribution < -0.4 is 0 Å². The molecular weight excluding hydrogens is 222 g/mol. The molecule has 0 heterocycles. The van der Waals surface area contributed by atoms with Crippen molar-refractivity contribution in [1.29, 1.82) is 5.26 Å². The maximum atomic E-state index is 8.94. The summed E-state index contributed by atoms with van der Waals surface area (Å²) < 4.78 is 5.86. The Bertz CT molecular complexity index is 267. The van der Waals surface area contributed by atoms with Gasteiger partial charge in [-0.15, -0.1) is 0 Å². The third-order valence-electron chi connectivity index (χ3n) is 4.90. The summed E-state index contributed by atoms with van der Waals surface area (Å²) in [5.41, 5.74) is 0. The molecule has 0 amide bonds. The first kappa shape index (κ1) is 13.9. The molecule has 0 aliphatic heterocycles. The van der Waals surface area contributed by atoms with Gasteiger partial charge in [-0.05, 0) is 69.6 Å². The zero-order valence-corrected chi connectivity index (χ0v) is 11.7. The maximum Gasteiger partial charge on any atom is 0.0655 e. The van der Waals surface area contributed by atoms with Crippen LogP contribution in [-0.2, 0) is 4.74 Å². The molecule has 2 aliphatic rings. The predicted octanol–water partition coefficient (Wildman–Crippen LogP) is 4.30. The van der Waals surface area contributed by atoms with Crippen LogP contribution in [0.4, 0.5) is 0 Å². The maximum absolute atomic E-state index is 8.94. The molecule has 0 aromatic rings. The smallest absolute Gasteiger partial charge is 0.0655 e. The minimum absolute atomic E-state index is 0.352. The average molecular weight is 249 g/mol. The van der Waals surface area contributed by atoms with Crippen LogP contribution in [0.3, 0.4) is 0 Å². The molecule has 2 rings (SSSR count). The topological polar surface area (TPSA) is 33.0 Å². The Hall–Kier alpha value is -0.550. The highest BCUT2D eigenvalue weighted by molar-refractivity contribution is 4.89. The van der Waals surface area contributed by atoms with E-state index >= 15 is 0 Å². The molecule has 0 aromatic carbocycles. The normalized spacial score (nSPS) is 37.1. The fourth-order valence-electron chi connectivity index (χ4n) is 3.73. The van der Waals surface area contributed by atoms with Crippen LogP contribution in [0.25, 0.3) is 0 Å². The van der Waals surface area contributed by atoms with Crippen molar-refractivity contribution in [2.45, 2.75) is 70.8 Å². The summed E-state index contributed by atoms with van der Waals surface area (Å²) in [4.78, 5) is 0. The highest BCUT2D eigenvalue weighted by Gasteiger charge is 2.30. The molecule has 0 spiro atoms. The monoisotopic (exact) mass is 249 g/mol. The van der Waals surface area contributed by atoms with Crippen LogP contribution in [0.5, 0.6) is 0 Å². The van der Waals surface area contributed by atoms with E-state index in [1.54, 1.807) is 0 Å². The van der Waals surface area contributed by atoms with Gasteiger partial charge >= 0.3 is 0 Å². The van der Waals surface area contributed by atoms with E-state index in [1.165, 1.54) is 38.5 Å². The van der Waals surface area contributed by atoms with Gasteiger partial charge in [-0.25, -0.2) is 0 Å². The summed E-state index contributed by atoms with van der Waals surface area (Å²) in [5, 5.41) is 8.94. The molecular formula is C16H27NO. The fraction of sp³-hybridized carbons (Fsp3) is 0.938. The highest BCUT2D eigenvalue weighted by Crippen LogP contribution is 2.40. The van der Waals surface area contributed by atoms with Crippen LogP contribution in [0.2, 0.25) is 0 Å². The molecule has 2 saturated carbocycles. The molecule has 18 heavy (non-hydrogen) atoms. The molecule has 102 valence electrons. The molecule has 0 aromatic heterocycles. The van der Waals surface area contributed by atoms with Crippen molar-refractivity contribution in [3.63, 3.8) is 0 Å². The molecule has 2 heteroatoms. The predicted molar refractivity (Wildman–Crippen MR) is 73.1 cm³/mol. The SMILES string of the molecule is CCCOC1CCC(C2CCC(C#N)CC2)CC1. The lowest BCUT2D eigenvalue weighted by atomic mass is 9.71. The summed E-state index contributed by atoms with van der Waals surface area (Å²) >= 11 is 0. The van der Waals surface area contributed by atoms with Gasteiger partial charge in [0.15, 0.2) is 0 Å². The van der Waals surface area contributed by atoms with Gasteiger partial charge in [0.05, 0.1) is 12.2 Å². The van der Waals surface area contributed by atoms with E-state index in [4.69, 9.17) is 10.00 Å². The molecule has 0 radical (unpaired) electrons. The first-order valence-corrected chi connectivity index (χ1v) is 7.84. The van der Waals surface area contributed by atoms with Crippen LogP contribution in [-0.4, -0.2) is 12.7 Å². The van der Waals surface area contributed by atoms with Crippen LogP contribution >= 0.6 is 0 Å². The van der Waals surface area contributed by atoms with Crippen LogP contribution in [0.1, 0.15) is 64.7 Å². The highest BCUT2D eigenvalue weighted by atomic mass is 16.5. The quantitative estimate of drug-likeness (QED) is 0.744. The van der Waals surface area contributed by atoms with Gasteiger partial charge < -0.3 is 4.74 Å². The number of ether oxygens (including phenoxy) is 1. The van der Waals surface area contributed by atoms with E-state index in [2.05, 4.69) is 13.0 Å². The number of hydrogen-bond donors (Lipinski definition) is 0. The summed E-state index contributed by atoms with van der Waals surface area (Å²) in [6.45, 7) is 3.11. The van der Waals surface area contributed by atoms with Gasteiger partial charge in [0, 0.05) is 12.5 Å². The minimum atomic E-state index is 0.352. The second-order valence-electron chi connectivity index (χ2n) is 6.15. The van der Waals surface area contributed by atoms with Crippen molar-refractivity contribution in [3.8, 4) is 6.07 Å². The molecule has 2 nitrogen and oxygen atoms in total. The van der Waals surface area contributed by atoms with E-state index < -0.39 is 0 Å². The van der Waals surface area contributed by atoms with Crippen molar-refractivity contribution < 1.29 is 4.74 Å². The molecule has 0 saturated heterocycles. The van der Waals surface area contributed by atoms with E-state index in [0.29, 0.717) is 12.0 Å². The lowest BCUT2D eigenvalue weighted by Gasteiger charge is -2.36. The third kappa shape index (κ3) is 3.72. The lowest BCUT2D eigenvalue weighted by Crippen LogP contribution is -2.28. The zero-order chi connectivity index (χ0) is 12.8. The van der Waals surface area contributed by atoms with E-state index in [9.17, 15) is 0 Å². The van der Waals surface area contributed by atoms with Gasteiger partial charge in [0.2, 0.25) is 0 Å². The van der Waals surface area contributed by atoms with Gasteiger partial charge in [-0.3, -0.25) is 0 Å². The summed E-state index contributed by atoms with van der Waals surface area (Å²) in [7, 11) is 0. The van der Waals surface area contributed by atoms with Crippen LogP contribution in [0.15, 0.2) is 0 Å². The molecule has 0 bridgehead atoms. The Morgan fingerprint density at radius 2 is 1.50 bits per heavy atom. The number of hydrogen-bond acceptors (Lipinski definition) is 2. The summed E-state index contributed by atoms with van der Waals surface area (Å²) in [5.74, 6) is 2.18. The van der Waals surface area contributed by atoms with Gasteiger partial charge in [-0.1, -0.05) is 6.92 Å². The second-order valence-corrected chi connectivity index (χ2v) is 6.15. The minimum Gasteiger partial charge on any atom is -0.378 e. The Morgan fingerprint density at radius 3 is 2.00 bits per heavy atom. The Labute approximate surface area is 112 Å². The van der Waals surface area contributed by atoms with E-state index in [1.807, 2.05) is 0 Å². The second kappa shape index (κ2) is 7.14. The molecule has 0 N–H and O–H groups in total. The average Bonchev–Trinajstić information content (AvgIpc) is 2.46. The van der Waals surface area contributed by atoms with Gasteiger partial charge in [-0.2, -0.15) is 5.26 Å². The Morgan fingerprint density at radius 1 is 0.944 bits per heavy atom. The van der Waals surface area contributed by atoms with Crippen molar-refractivity contribution in [1.82, 2.24) is 0 Å². The van der Waals surface area contributed by atoms with Crippen LogP contribution in [0, 0.1) is 29.1 Å². The van der Waals surface area contributed by atoms with Gasteiger partial charge in [0.1, 0.15) is 0 Å². The Balaban J connectivity index is 1.69.